The fraction of sp³-hybridized carbons (Fsp3) is 0.727. The molecule has 1 aromatic heterocycles. The quantitative estimate of drug-likeness (QED) is 0.781. The minimum Gasteiger partial charge on any atom is -0.385 e. The summed E-state index contributed by atoms with van der Waals surface area (Å²) in [5.74, 6) is 0.751. The van der Waals surface area contributed by atoms with Crippen LogP contribution in [0.3, 0.4) is 0 Å². The number of aromatic nitrogens is 2. The number of hydrogen-bond donors (Lipinski definition) is 1. The van der Waals surface area contributed by atoms with Gasteiger partial charge in [-0.1, -0.05) is 0 Å². The fourth-order valence-electron chi connectivity index (χ4n) is 1.53. The van der Waals surface area contributed by atoms with Crippen molar-refractivity contribution in [1.29, 1.82) is 0 Å². The third kappa shape index (κ3) is 3.32. The Kier molecular flexibility index (Phi) is 4.78. The third-order valence-corrected chi connectivity index (χ3v) is 2.64. The van der Waals surface area contributed by atoms with Crippen LogP contribution in [-0.4, -0.2) is 27.9 Å². The molecule has 1 aromatic rings. The van der Waals surface area contributed by atoms with Gasteiger partial charge in [-0.3, -0.25) is 0 Å². The average molecular weight is 212 g/mol. The number of aliphatic hydroxyl groups is 1. The molecule has 0 saturated carbocycles. The van der Waals surface area contributed by atoms with Crippen LogP contribution >= 0.6 is 0 Å². The molecule has 0 aliphatic heterocycles. The van der Waals surface area contributed by atoms with Gasteiger partial charge in [0.1, 0.15) is 11.9 Å². The van der Waals surface area contributed by atoms with Gasteiger partial charge in [0.2, 0.25) is 0 Å². The van der Waals surface area contributed by atoms with Crippen LogP contribution in [0, 0.1) is 0 Å². The first-order valence-corrected chi connectivity index (χ1v) is 5.40. The highest BCUT2D eigenvalue weighted by molar-refractivity contribution is 4.96. The van der Waals surface area contributed by atoms with Crippen molar-refractivity contribution in [3.8, 4) is 0 Å². The molecule has 0 spiro atoms. The van der Waals surface area contributed by atoms with Crippen LogP contribution in [0.5, 0.6) is 0 Å². The first kappa shape index (κ1) is 12.2. The van der Waals surface area contributed by atoms with E-state index in [1.54, 1.807) is 13.3 Å². The van der Waals surface area contributed by atoms with Gasteiger partial charge in [0.05, 0.1) is 6.10 Å². The molecule has 15 heavy (non-hydrogen) atoms. The molecule has 2 atom stereocenters. The first-order chi connectivity index (χ1) is 7.19. The Morgan fingerprint density at radius 2 is 2.27 bits per heavy atom. The van der Waals surface area contributed by atoms with Crippen LogP contribution in [0.2, 0.25) is 0 Å². The van der Waals surface area contributed by atoms with Crippen LogP contribution in [0.4, 0.5) is 0 Å². The molecule has 0 aromatic carbocycles. The predicted molar refractivity (Wildman–Crippen MR) is 58.6 cm³/mol. The molecule has 0 aliphatic rings. The molecule has 1 rings (SSSR count). The second-order valence-corrected chi connectivity index (χ2v) is 3.71. The van der Waals surface area contributed by atoms with Crippen molar-refractivity contribution in [3.63, 3.8) is 0 Å². The highest BCUT2D eigenvalue weighted by Crippen LogP contribution is 2.18. The minimum absolute atomic E-state index is 0.185. The van der Waals surface area contributed by atoms with Gasteiger partial charge < -0.3 is 14.4 Å². The molecule has 0 radical (unpaired) electrons. The van der Waals surface area contributed by atoms with Gasteiger partial charge in [0, 0.05) is 26.0 Å². The van der Waals surface area contributed by atoms with Gasteiger partial charge in [0.15, 0.2) is 0 Å². The van der Waals surface area contributed by atoms with Crippen molar-refractivity contribution in [2.75, 3.05) is 7.11 Å². The van der Waals surface area contributed by atoms with Crippen molar-refractivity contribution < 1.29 is 9.84 Å². The predicted octanol–water partition coefficient (Wildman–Crippen LogP) is 1.75. The fourth-order valence-corrected chi connectivity index (χ4v) is 1.53. The molecule has 0 amide bonds. The number of aryl methyl sites for hydroxylation is 1. The van der Waals surface area contributed by atoms with Crippen molar-refractivity contribution in [3.05, 3.63) is 18.2 Å². The molecule has 86 valence electrons. The molecule has 0 fully saturated rings. The number of ether oxygens (including phenoxy) is 1. The van der Waals surface area contributed by atoms with Crippen LogP contribution < -0.4 is 0 Å². The molecule has 0 bridgehead atoms. The minimum atomic E-state index is -0.488. The smallest absolute Gasteiger partial charge is 0.137 e. The maximum atomic E-state index is 9.93. The molecular weight excluding hydrogens is 192 g/mol. The summed E-state index contributed by atoms with van der Waals surface area (Å²) in [6.45, 7) is 4.88. The summed E-state index contributed by atoms with van der Waals surface area (Å²) in [6.07, 6.45) is 4.84. The van der Waals surface area contributed by atoms with Crippen LogP contribution in [0.1, 0.15) is 38.6 Å². The highest BCUT2D eigenvalue weighted by Gasteiger charge is 2.14. The van der Waals surface area contributed by atoms with E-state index < -0.39 is 6.10 Å². The van der Waals surface area contributed by atoms with Crippen molar-refractivity contribution in [1.82, 2.24) is 9.55 Å². The highest BCUT2D eigenvalue weighted by atomic mass is 16.5. The number of aliphatic hydroxyl groups excluding tert-OH is 1. The largest absolute Gasteiger partial charge is 0.385 e. The molecule has 0 aliphatic carbocycles. The average Bonchev–Trinajstić information content (AvgIpc) is 2.73. The van der Waals surface area contributed by atoms with E-state index in [9.17, 15) is 5.11 Å². The summed E-state index contributed by atoms with van der Waals surface area (Å²) in [5.41, 5.74) is 0. The van der Waals surface area contributed by atoms with Crippen LogP contribution in [0.25, 0.3) is 0 Å². The molecule has 2 unspecified atom stereocenters. The van der Waals surface area contributed by atoms with Crippen molar-refractivity contribution >= 4 is 0 Å². The normalized spacial score (nSPS) is 15.2. The topological polar surface area (TPSA) is 47.3 Å². The maximum absolute atomic E-state index is 9.93. The van der Waals surface area contributed by atoms with E-state index in [1.807, 2.05) is 24.6 Å². The monoisotopic (exact) mass is 212 g/mol. The summed E-state index contributed by atoms with van der Waals surface area (Å²) in [4.78, 5) is 4.16. The standard InChI is InChI=1S/C11H20N2O2/c1-4-13-8-7-12-11(13)10(14)6-5-9(2)15-3/h7-10,14H,4-6H2,1-3H3. The van der Waals surface area contributed by atoms with E-state index in [2.05, 4.69) is 4.98 Å². The lowest BCUT2D eigenvalue weighted by Gasteiger charge is -2.14. The van der Waals surface area contributed by atoms with Crippen LogP contribution in [0.15, 0.2) is 12.4 Å². The Morgan fingerprint density at radius 3 is 2.87 bits per heavy atom. The lowest BCUT2D eigenvalue weighted by atomic mass is 10.1. The van der Waals surface area contributed by atoms with Gasteiger partial charge in [-0.05, 0) is 26.7 Å². The summed E-state index contributed by atoms with van der Waals surface area (Å²) < 4.78 is 7.10. The maximum Gasteiger partial charge on any atom is 0.137 e. The Labute approximate surface area is 90.9 Å². The van der Waals surface area contributed by atoms with E-state index in [1.165, 1.54) is 0 Å². The van der Waals surface area contributed by atoms with E-state index in [0.717, 1.165) is 18.8 Å². The molecule has 1 N–H and O–H groups in total. The number of nitrogens with zero attached hydrogens (tertiary/aromatic N) is 2. The van der Waals surface area contributed by atoms with Gasteiger partial charge in [0.25, 0.3) is 0 Å². The van der Waals surface area contributed by atoms with Crippen LogP contribution in [-0.2, 0) is 11.3 Å². The molecule has 0 saturated heterocycles. The molecule has 1 heterocycles. The third-order valence-electron chi connectivity index (χ3n) is 2.64. The second-order valence-electron chi connectivity index (χ2n) is 3.71. The Bertz CT molecular complexity index is 286. The summed E-state index contributed by atoms with van der Waals surface area (Å²) >= 11 is 0. The zero-order valence-electron chi connectivity index (χ0n) is 9.68. The Hall–Kier alpha value is -0.870. The lowest BCUT2D eigenvalue weighted by molar-refractivity contribution is 0.0815. The summed E-state index contributed by atoms with van der Waals surface area (Å²) in [5, 5.41) is 9.93. The molecule has 4 nitrogen and oxygen atoms in total. The van der Waals surface area contributed by atoms with Gasteiger partial charge in [-0.2, -0.15) is 0 Å². The van der Waals surface area contributed by atoms with Crippen molar-refractivity contribution in [2.45, 2.75) is 45.4 Å². The SMILES string of the molecule is CCn1ccnc1C(O)CCC(C)OC. The zero-order valence-corrected chi connectivity index (χ0v) is 9.68. The van der Waals surface area contributed by atoms with Gasteiger partial charge >= 0.3 is 0 Å². The van der Waals surface area contributed by atoms with Crippen molar-refractivity contribution in [2.24, 2.45) is 0 Å². The second kappa shape index (κ2) is 5.88. The van der Waals surface area contributed by atoms with Gasteiger partial charge in [-0.25, -0.2) is 4.98 Å². The molecular formula is C11H20N2O2. The number of methoxy groups -OCH3 is 1. The molecule has 4 heteroatoms. The number of imidazole rings is 1. The summed E-state index contributed by atoms with van der Waals surface area (Å²) in [7, 11) is 1.68. The number of rotatable bonds is 6. The lowest BCUT2D eigenvalue weighted by Crippen LogP contribution is -2.11. The van der Waals surface area contributed by atoms with Gasteiger partial charge in [-0.15, -0.1) is 0 Å². The zero-order chi connectivity index (χ0) is 11.3. The van der Waals surface area contributed by atoms with E-state index >= 15 is 0 Å². The first-order valence-electron chi connectivity index (χ1n) is 5.40. The Balaban J connectivity index is 2.49. The van der Waals surface area contributed by atoms with E-state index in [4.69, 9.17) is 4.74 Å². The Morgan fingerprint density at radius 1 is 1.53 bits per heavy atom. The van der Waals surface area contributed by atoms with E-state index in [-0.39, 0.29) is 6.10 Å². The number of hydrogen-bond acceptors (Lipinski definition) is 3. The summed E-state index contributed by atoms with van der Waals surface area (Å²) in [6, 6.07) is 0. The van der Waals surface area contributed by atoms with E-state index in [0.29, 0.717) is 6.42 Å².